The minimum absolute atomic E-state index is 0. The van der Waals surface area contributed by atoms with Gasteiger partial charge in [0, 0.05) is 6.04 Å². The average Bonchev–Trinajstić information content (AvgIpc) is 3.17. The van der Waals surface area contributed by atoms with Crippen LogP contribution in [-0.4, -0.2) is 18.0 Å². The first-order valence-electron chi connectivity index (χ1n) is 7.69. The monoisotopic (exact) mass is 288 g/mol. The lowest BCUT2D eigenvalue weighted by Gasteiger charge is -2.22. The quantitative estimate of drug-likeness (QED) is 0.817. The van der Waals surface area contributed by atoms with Crippen LogP contribution < -0.4 is 11.1 Å². The van der Waals surface area contributed by atoms with Crippen LogP contribution in [0.4, 0.5) is 0 Å². The molecule has 0 spiro atoms. The fourth-order valence-electron chi connectivity index (χ4n) is 3.26. The smallest absolute Gasteiger partial charge is 0.237 e. The molecule has 4 atom stereocenters. The van der Waals surface area contributed by atoms with Crippen LogP contribution in [0.1, 0.15) is 58.8 Å². The molecule has 2 aliphatic rings. The molecule has 2 aliphatic carbocycles. The Morgan fingerprint density at radius 2 is 1.95 bits per heavy atom. The Labute approximate surface area is 123 Å². The summed E-state index contributed by atoms with van der Waals surface area (Å²) in [7, 11) is 0. The largest absolute Gasteiger partial charge is 0.352 e. The number of carbonyl (C=O) groups excluding carboxylic acids is 1. The van der Waals surface area contributed by atoms with Crippen molar-refractivity contribution in [3.63, 3.8) is 0 Å². The molecule has 0 aromatic heterocycles. The Kier molecular flexibility index (Phi) is 6.61. The van der Waals surface area contributed by atoms with Crippen LogP contribution in [0.5, 0.6) is 0 Å². The van der Waals surface area contributed by atoms with Gasteiger partial charge in [0.25, 0.3) is 0 Å². The molecule has 3 nitrogen and oxygen atoms in total. The number of amides is 1. The topological polar surface area (TPSA) is 55.1 Å². The van der Waals surface area contributed by atoms with Gasteiger partial charge in [-0.15, -0.1) is 12.4 Å². The fraction of sp³-hybridized carbons (Fsp3) is 0.933. The van der Waals surface area contributed by atoms with Crippen molar-refractivity contribution in [2.75, 3.05) is 0 Å². The molecule has 0 aliphatic heterocycles. The Hall–Kier alpha value is -0.280. The van der Waals surface area contributed by atoms with Gasteiger partial charge >= 0.3 is 0 Å². The SMILES string of the molecule is CCC(C)C(N)C(=O)NC1CC1C1CCCCC1.Cl. The van der Waals surface area contributed by atoms with Crippen LogP contribution in [0.3, 0.4) is 0 Å². The van der Waals surface area contributed by atoms with Gasteiger partial charge in [-0.1, -0.05) is 52.4 Å². The summed E-state index contributed by atoms with van der Waals surface area (Å²) in [5.74, 6) is 1.95. The Balaban J connectivity index is 0.00000180. The molecule has 0 bridgehead atoms. The van der Waals surface area contributed by atoms with Crippen molar-refractivity contribution in [1.82, 2.24) is 5.32 Å². The zero-order valence-electron chi connectivity index (χ0n) is 12.2. The van der Waals surface area contributed by atoms with Crippen molar-refractivity contribution in [1.29, 1.82) is 0 Å². The highest BCUT2D eigenvalue weighted by Crippen LogP contribution is 2.44. The van der Waals surface area contributed by atoms with E-state index in [-0.39, 0.29) is 30.3 Å². The predicted octanol–water partition coefficient (Wildman–Crippen LogP) is 2.87. The van der Waals surface area contributed by atoms with E-state index >= 15 is 0 Å². The van der Waals surface area contributed by atoms with E-state index in [1.807, 2.05) is 0 Å². The van der Waals surface area contributed by atoms with Crippen LogP contribution in [0.2, 0.25) is 0 Å². The molecule has 0 aromatic rings. The summed E-state index contributed by atoms with van der Waals surface area (Å²) < 4.78 is 0. The van der Waals surface area contributed by atoms with E-state index in [0.717, 1.165) is 18.3 Å². The van der Waals surface area contributed by atoms with E-state index in [9.17, 15) is 4.79 Å². The number of nitrogens with one attached hydrogen (secondary N) is 1. The highest BCUT2D eigenvalue weighted by Gasteiger charge is 2.44. The van der Waals surface area contributed by atoms with Crippen LogP contribution >= 0.6 is 12.4 Å². The second kappa shape index (κ2) is 7.49. The first kappa shape index (κ1) is 16.8. The summed E-state index contributed by atoms with van der Waals surface area (Å²) in [6.07, 6.45) is 9.05. The molecule has 3 N–H and O–H groups in total. The molecule has 2 saturated carbocycles. The van der Waals surface area contributed by atoms with Crippen molar-refractivity contribution in [3.8, 4) is 0 Å². The van der Waals surface area contributed by atoms with E-state index in [0.29, 0.717) is 6.04 Å². The molecule has 2 rings (SSSR count). The van der Waals surface area contributed by atoms with Crippen molar-refractivity contribution < 1.29 is 4.79 Å². The normalized spacial score (nSPS) is 30.1. The molecule has 0 saturated heterocycles. The van der Waals surface area contributed by atoms with Gasteiger partial charge in [0.2, 0.25) is 5.91 Å². The van der Waals surface area contributed by atoms with Crippen LogP contribution in [0.25, 0.3) is 0 Å². The second-order valence-electron chi connectivity index (χ2n) is 6.32. The lowest BCUT2D eigenvalue weighted by molar-refractivity contribution is -0.123. The molecule has 4 unspecified atom stereocenters. The minimum Gasteiger partial charge on any atom is -0.352 e. The Morgan fingerprint density at radius 3 is 2.53 bits per heavy atom. The molecule has 0 heterocycles. The highest BCUT2D eigenvalue weighted by molar-refractivity contribution is 5.85. The van der Waals surface area contributed by atoms with Crippen molar-refractivity contribution >= 4 is 18.3 Å². The van der Waals surface area contributed by atoms with E-state index in [4.69, 9.17) is 5.73 Å². The third kappa shape index (κ3) is 4.35. The third-order valence-electron chi connectivity index (χ3n) is 4.98. The number of rotatable bonds is 5. The van der Waals surface area contributed by atoms with Crippen LogP contribution in [-0.2, 0) is 4.79 Å². The summed E-state index contributed by atoms with van der Waals surface area (Å²) >= 11 is 0. The molecule has 0 aromatic carbocycles. The number of nitrogens with two attached hydrogens (primary N) is 1. The maximum Gasteiger partial charge on any atom is 0.237 e. The van der Waals surface area contributed by atoms with Crippen LogP contribution in [0, 0.1) is 17.8 Å². The van der Waals surface area contributed by atoms with Crippen molar-refractivity contribution in [2.45, 2.75) is 70.9 Å². The first-order chi connectivity index (χ1) is 8.63. The summed E-state index contributed by atoms with van der Waals surface area (Å²) in [6, 6.07) is 0.0957. The lowest BCUT2D eigenvalue weighted by atomic mass is 9.85. The maximum absolute atomic E-state index is 12.0. The van der Waals surface area contributed by atoms with Gasteiger partial charge in [-0.3, -0.25) is 4.79 Å². The highest BCUT2D eigenvalue weighted by atomic mass is 35.5. The van der Waals surface area contributed by atoms with E-state index in [1.165, 1.54) is 38.5 Å². The van der Waals surface area contributed by atoms with Gasteiger partial charge < -0.3 is 11.1 Å². The minimum atomic E-state index is -0.331. The number of carbonyl (C=O) groups is 1. The van der Waals surface area contributed by atoms with Gasteiger partial charge in [-0.2, -0.15) is 0 Å². The molecule has 19 heavy (non-hydrogen) atoms. The van der Waals surface area contributed by atoms with E-state index in [1.54, 1.807) is 0 Å². The predicted molar refractivity (Wildman–Crippen MR) is 81.3 cm³/mol. The lowest BCUT2D eigenvalue weighted by Crippen LogP contribution is -2.45. The maximum atomic E-state index is 12.0. The Morgan fingerprint density at radius 1 is 1.32 bits per heavy atom. The van der Waals surface area contributed by atoms with Gasteiger partial charge in [-0.05, 0) is 24.2 Å². The molecule has 4 heteroatoms. The zero-order valence-corrected chi connectivity index (χ0v) is 13.0. The first-order valence-corrected chi connectivity index (χ1v) is 7.69. The average molecular weight is 289 g/mol. The van der Waals surface area contributed by atoms with Gasteiger partial charge in [0.1, 0.15) is 0 Å². The summed E-state index contributed by atoms with van der Waals surface area (Å²) in [6.45, 7) is 4.13. The molecular formula is C15H29ClN2O. The fourth-order valence-corrected chi connectivity index (χ4v) is 3.26. The van der Waals surface area contributed by atoms with Gasteiger partial charge in [0.05, 0.1) is 6.04 Å². The summed E-state index contributed by atoms with van der Waals surface area (Å²) in [4.78, 5) is 12.0. The summed E-state index contributed by atoms with van der Waals surface area (Å²) in [5.41, 5.74) is 5.96. The number of halogens is 1. The van der Waals surface area contributed by atoms with Crippen molar-refractivity contribution in [3.05, 3.63) is 0 Å². The standard InChI is InChI=1S/C15H28N2O.ClH/c1-3-10(2)14(16)15(18)17-13-9-12(13)11-7-5-4-6-8-11;/h10-14H,3-9,16H2,1-2H3,(H,17,18);1H. The van der Waals surface area contributed by atoms with Crippen LogP contribution in [0.15, 0.2) is 0 Å². The van der Waals surface area contributed by atoms with E-state index in [2.05, 4.69) is 19.2 Å². The van der Waals surface area contributed by atoms with Gasteiger partial charge in [-0.25, -0.2) is 0 Å². The Bertz CT molecular complexity index is 292. The number of hydrogen-bond donors (Lipinski definition) is 2. The number of hydrogen-bond acceptors (Lipinski definition) is 2. The zero-order chi connectivity index (χ0) is 13.1. The third-order valence-corrected chi connectivity index (χ3v) is 4.98. The molecule has 1 amide bonds. The second-order valence-corrected chi connectivity index (χ2v) is 6.32. The molecule has 2 fully saturated rings. The van der Waals surface area contributed by atoms with Gasteiger partial charge in [0.15, 0.2) is 0 Å². The molecular weight excluding hydrogens is 260 g/mol. The molecule has 0 radical (unpaired) electrons. The van der Waals surface area contributed by atoms with Crippen molar-refractivity contribution in [2.24, 2.45) is 23.5 Å². The van der Waals surface area contributed by atoms with E-state index < -0.39 is 0 Å². The molecule has 112 valence electrons. The summed E-state index contributed by atoms with van der Waals surface area (Å²) in [5, 5.41) is 3.15.